The van der Waals surface area contributed by atoms with Gasteiger partial charge in [0.2, 0.25) is 0 Å². The summed E-state index contributed by atoms with van der Waals surface area (Å²) in [6.07, 6.45) is 0.534. The second kappa shape index (κ2) is 11.5. The Morgan fingerprint density at radius 2 is 1.75 bits per heavy atom. The van der Waals surface area contributed by atoms with Crippen LogP contribution < -0.4 is 9.47 Å². The Morgan fingerprint density at radius 1 is 1.06 bits per heavy atom. The van der Waals surface area contributed by atoms with E-state index in [2.05, 4.69) is 59.6 Å². The number of aliphatic hydroxyl groups excluding tert-OH is 2. The molecule has 174 valence electrons. The Hall–Kier alpha value is -1.55. The van der Waals surface area contributed by atoms with Crippen molar-refractivity contribution < 1.29 is 19.7 Å². The molecule has 2 N–H and O–H groups in total. The van der Waals surface area contributed by atoms with E-state index in [-0.39, 0.29) is 24.5 Å². The fourth-order valence-corrected chi connectivity index (χ4v) is 4.20. The summed E-state index contributed by atoms with van der Waals surface area (Å²) in [5, 5.41) is 19.8. The molecule has 0 saturated carbocycles. The van der Waals surface area contributed by atoms with Crippen molar-refractivity contribution in [3.8, 4) is 11.5 Å². The van der Waals surface area contributed by atoms with Crippen LogP contribution in [-0.2, 0) is 5.41 Å². The molecule has 32 heavy (non-hydrogen) atoms. The predicted molar refractivity (Wildman–Crippen MR) is 136 cm³/mol. The summed E-state index contributed by atoms with van der Waals surface area (Å²) >= 11 is 7.88. The Kier molecular flexibility index (Phi) is 9.04. The van der Waals surface area contributed by atoms with Gasteiger partial charge in [0.1, 0.15) is 36.9 Å². The lowest BCUT2D eigenvalue weighted by Gasteiger charge is -2.27. The van der Waals surface area contributed by atoms with E-state index in [0.29, 0.717) is 6.54 Å². The molecule has 3 rings (SSSR count). The molecule has 1 aliphatic rings. The minimum atomic E-state index is -0.681. The van der Waals surface area contributed by atoms with Gasteiger partial charge in [-0.25, -0.2) is 0 Å². The minimum Gasteiger partial charge on any atom is -0.491 e. The molecule has 2 aromatic carbocycles. The Balaban J connectivity index is 1.60. The number of nitrogens with zero attached hydrogens (tertiary/aromatic N) is 2. The van der Waals surface area contributed by atoms with Crippen LogP contribution >= 0.6 is 34.2 Å². The first-order valence-corrected chi connectivity index (χ1v) is 12.2. The maximum absolute atomic E-state index is 10.2. The molecule has 0 unspecified atom stereocenters. The van der Waals surface area contributed by atoms with Crippen LogP contribution in [0.1, 0.15) is 25.0 Å². The molecule has 0 spiro atoms. The third-order valence-corrected chi connectivity index (χ3v) is 6.69. The van der Waals surface area contributed by atoms with Crippen molar-refractivity contribution in [3.05, 3.63) is 57.2 Å². The summed E-state index contributed by atoms with van der Waals surface area (Å²) in [5.74, 6) is 1.61. The second-order valence-electron chi connectivity index (χ2n) is 8.40. The highest BCUT2D eigenvalue weighted by molar-refractivity contribution is 14.1. The molecule has 2 atom stereocenters. The summed E-state index contributed by atoms with van der Waals surface area (Å²) < 4.78 is 12.4. The lowest BCUT2D eigenvalue weighted by Crippen LogP contribution is -2.33. The highest BCUT2D eigenvalue weighted by atomic mass is 127. The van der Waals surface area contributed by atoms with Crippen molar-refractivity contribution in [2.24, 2.45) is 4.99 Å². The quantitative estimate of drug-likeness (QED) is 0.318. The first kappa shape index (κ1) is 25.1. The van der Waals surface area contributed by atoms with Gasteiger partial charge in [-0.2, -0.15) is 0 Å². The molecular weight excluding hydrogens is 543 g/mol. The highest BCUT2D eigenvalue weighted by Crippen LogP contribution is 2.35. The highest BCUT2D eigenvalue weighted by Gasteiger charge is 2.24. The fourth-order valence-electron chi connectivity index (χ4n) is 3.44. The fraction of sp³-hybridized carbons (Fsp3) is 0.458. The van der Waals surface area contributed by atoms with Gasteiger partial charge in [0.15, 0.2) is 0 Å². The number of hydrogen-bond donors (Lipinski definition) is 2. The van der Waals surface area contributed by atoms with Crippen LogP contribution in [0.3, 0.4) is 0 Å². The van der Waals surface area contributed by atoms with Crippen molar-refractivity contribution >= 4 is 40.5 Å². The normalized spacial score (nSPS) is 15.6. The van der Waals surface area contributed by atoms with Crippen LogP contribution in [0.25, 0.3) is 0 Å². The Bertz CT molecular complexity index is 907. The van der Waals surface area contributed by atoms with Gasteiger partial charge in [-0.3, -0.25) is 4.99 Å². The smallest absolute Gasteiger partial charge is 0.132 e. The third kappa shape index (κ3) is 6.73. The van der Waals surface area contributed by atoms with Crippen LogP contribution in [0.5, 0.6) is 11.5 Å². The molecule has 0 aromatic heterocycles. The number of halogens is 2. The SMILES string of the molecule is CC(C)(c1ccc(OC[C@H](O)CN2C=NCC2)cc1)c1ccc(OC[C@H](O)CCl)c(I)c1. The molecular formula is C24H30ClIN2O4. The molecule has 0 saturated heterocycles. The maximum Gasteiger partial charge on any atom is 0.132 e. The molecule has 8 heteroatoms. The summed E-state index contributed by atoms with van der Waals surface area (Å²) in [5.41, 5.74) is 2.09. The van der Waals surface area contributed by atoms with Crippen LogP contribution in [0, 0.1) is 3.57 Å². The van der Waals surface area contributed by atoms with E-state index in [9.17, 15) is 10.2 Å². The van der Waals surface area contributed by atoms with Gasteiger partial charge in [0.25, 0.3) is 0 Å². The van der Waals surface area contributed by atoms with E-state index in [4.69, 9.17) is 21.1 Å². The average Bonchev–Trinajstić information content (AvgIpc) is 3.29. The molecule has 2 aromatic rings. The largest absolute Gasteiger partial charge is 0.491 e. The maximum atomic E-state index is 10.2. The number of aliphatic hydroxyl groups is 2. The van der Waals surface area contributed by atoms with Gasteiger partial charge in [-0.15, -0.1) is 11.6 Å². The van der Waals surface area contributed by atoms with Crippen molar-refractivity contribution in [3.63, 3.8) is 0 Å². The number of aliphatic imine (C=N–C) groups is 1. The van der Waals surface area contributed by atoms with Gasteiger partial charge in [-0.05, 0) is 58.0 Å². The number of ether oxygens (including phenoxy) is 2. The van der Waals surface area contributed by atoms with Crippen LogP contribution in [0.15, 0.2) is 47.5 Å². The van der Waals surface area contributed by atoms with Crippen molar-refractivity contribution in [2.75, 3.05) is 38.7 Å². The standard InChI is InChI=1S/C24H30ClIN2O4/c1-24(2,18-5-8-23(22(26)11-18)32-14-19(29)12-25)17-3-6-21(7-4-17)31-15-20(30)13-28-10-9-27-16-28/h3-8,11,16,19-20,29-30H,9-10,12-15H2,1-2H3/t19-,20-/m1/s1. The third-order valence-electron chi connectivity index (χ3n) is 5.49. The molecule has 1 heterocycles. The van der Waals surface area contributed by atoms with Gasteiger partial charge in [0, 0.05) is 18.5 Å². The topological polar surface area (TPSA) is 74.5 Å². The molecule has 0 aliphatic carbocycles. The van der Waals surface area contributed by atoms with Crippen molar-refractivity contribution in [1.29, 1.82) is 0 Å². The number of hydrogen-bond acceptors (Lipinski definition) is 6. The first-order chi connectivity index (χ1) is 15.3. The van der Waals surface area contributed by atoms with E-state index < -0.39 is 12.2 Å². The summed E-state index contributed by atoms with van der Waals surface area (Å²) in [4.78, 5) is 6.15. The summed E-state index contributed by atoms with van der Waals surface area (Å²) in [7, 11) is 0. The Morgan fingerprint density at radius 3 is 2.38 bits per heavy atom. The van der Waals surface area contributed by atoms with E-state index in [1.807, 2.05) is 29.2 Å². The minimum absolute atomic E-state index is 0.146. The molecule has 0 fully saturated rings. The number of benzene rings is 2. The molecule has 0 bridgehead atoms. The number of rotatable bonds is 11. The molecule has 0 radical (unpaired) electrons. The van der Waals surface area contributed by atoms with Crippen LogP contribution in [0.4, 0.5) is 0 Å². The van der Waals surface area contributed by atoms with E-state index >= 15 is 0 Å². The van der Waals surface area contributed by atoms with Crippen LogP contribution in [-0.4, -0.2) is 72.4 Å². The monoisotopic (exact) mass is 572 g/mol. The second-order valence-corrected chi connectivity index (χ2v) is 9.87. The van der Waals surface area contributed by atoms with Gasteiger partial charge in [-0.1, -0.05) is 32.0 Å². The van der Waals surface area contributed by atoms with E-state index in [1.165, 1.54) is 0 Å². The molecule has 1 aliphatic heterocycles. The lowest BCUT2D eigenvalue weighted by molar-refractivity contribution is 0.0898. The van der Waals surface area contributed by atoms with Crippen molar-refractivity contribution in [2.45, 2.75) is 31.5 Å². The zero-order valence-corrected chi connectivity index (χ0v) is 21.3. The van der Waals surface area contributed by atoms with Gasteiger partial charge < -0.3 is 24.6 Å². The summed E-state index contributed by atoms with van der Waals surface area (Å²) in [6.45, 7) is 6.92. The molecule has 6 nitrogen and oxygen atoms in total. The van der Waals surface area contributed by atoms with E-state index in [0.717, 1.165) is 39.3 Å². The van der Waals surface area contributed by atoms with Crippen molar-refractivity contribution in [1.82, 2.24) is 4.90 Å². The Labute approximate surface area is 208 Å². The molecule has 0 amide bonds. The van der Waals surface area contributed by atoms with Gasteiger partial charge in [0.05, 0.1) is 22.3 Å². The van der Waals surface area contributed by atoms with Gasteiger partial charge >= 0.3 is 0 Å². The number of β-amino-alcohol motifs (C(OH)–C–C–N with tert-alkyl or cyclic N) is 1. The van der Waals surface area contributed by atoms with E-state index in [1.54, 1.807) is 6.34 Å². The predicted octanol–water partition coefficient (Wildman–Crippen LogP) is 3.68. The van der Waals surface area contributed by atoms with Crippen LogP contribution in [0.2, 0.25) is 0 Å². The lowest BCUT2D eigenvalue weighted by atomic mass is 9.78. The zero-order valence-electron chi connectivity index (χ0n) is 18.4. The zero-order chi connectivity index (χ0) is 23.1. The first-order valence-electron chi connectivity index (χ1n) is 10.6. The number of alkyl halides is 1. The average molecular weight is 573 g/mol. The summed E-state index contributed by atoms with van der Waals surface area (Å²) in [6, 6.07) is 14.1.